The Morgan fingerprint density at radius 2 is 1.96 bits per heavy atom. The lowest BCUT2D eigenvalue weighted by Gasteiger charge is -2.14. The van der Waals surface area contributed by atoms with E-state index in [1.165, 1.54) is 13.2 Å². The molecule has 1 rings (SSSR count). The van der Waals surface area contributed by atoms with Crippen LogP contribution in [-0.2, 0) is 20.5 Å². The van der Waals surface area contributed by atoms with Crippen molar-refractivity contribution in [2.24, 2.45) is 0 Å². The number of benzene rings is 1. The van der Waals surface area contributed by atoms with Crippen molar-refractivity contribution in [3.05, 3.63) is 28.8 Å². The van der Waals surface area contributed by atoms with Gasteiger partial charge in [-0.05, 0) is 24.6 Å². The number of methoxy groups -OCH3 is 1. The fraction of sp³-hybridized carbons (Fsp3) is 0.429. The average Bonchev–Trinajstić information content (AvgIpc) is 2.44. The van der Waals surface area contributed by atoms with Crippen molar-refractivity contribution in [1.82, 2.24) is 5.32 Å². The van der Waals surface area contributed by atoms with Gasteiger partial charge in [-0.15, -0.1) is 0 Å². The van der Waals surface area contributed by atoms with Gasteiger partial charge in [0.25, 0.3) is 0 Å². The zero-order chi connectivity index (χ0) is 17.5. The number of amides is 2. The number of hydrogen-bond acceptors (Lipinski definition) is 3. The van der Waals surface area contributed by atoms with Gasteiger partial charge in [0.05, 0.1) is 11.3 Å². The molecule has 0 aromatic heterocycles. The summed E-state index contributed by atoms with van der Waals surface area (Å²) in [6.45, 7) is 0.765. The fourth-order valence-electron chi connectivity index (χ4n) is 1.71. The lowest BCUT2D eigenvalue weighted by molar-refractivity contribution is -0.137. The first-order valence-corrected chi connectivity index (χ1v) is 7.04. The third-order valence-corrected chi connectivity index (χ3v) is 2.96. The molecular formula is C14H16ClF3N2O3. The molecule has 23 heavy (non-hydrogen) atoms. The van der Waals surface area contributed by atoms with E-state index in [1.807, 2.05) is 0 Å². The number of rotatable bonds is 7. The van der Waals surface area contributed by atoms with Crippen LogP contribution in [0.3, 0.4) is 0 Å². The topological polar surface area (TPSA) is 67.4 Å². The normalized spacial score (nSPS) is 11.2. The van der Waals surface area contributed by atoms with Gasteiger partial charge < -0.3 is 15.4 Å². The molecule has 0 spiro atoms. The Morgan fingerprint density at radius 3 is 2.57 bits per heavy atom. The Balaban J connectivity index is 2.62. The zero-order valence-electron chi connectivity index (χ0n) is 12.3. The predicted octanol–water partition coefficient (Wildman–Crippen LogP) is 2.84. The van der Waals surface area contributed by atoms with Gasteiger partial charge in [0.2, 0.25) is 11.8 Å². The summed E-state index contributed by atoms with van der Waals surface area (Å²) in [4.78, 5) is 23.2. The van der Waals surface area contributed by atoms with E-state index in [0.717, 1.165) is 6.07 Å². The third-order valence-electron chi connectivity index (χ3n) is 2.73. The first kappa shape index (κ1) is 19.2. The van der Waals surface area contributed by atoms with Gasteiger partial charge >= 0.3 is 6.18 Å². The van der Waals surface area contributed by atoms with Crippen molar-refractivity contribution in [2.45, 2.75) is 19.0 Å². The van der Waals surface area contributed by atoms with E-state index in [-0.39, 0.29) is 5.02 Å². The van der Waals surface area contributed by atoms with E-state index in [2.05, 4.69) is 10.6 Å². The van der Waals surface area contributed by atoms with E-state index in [0.29, 0.717) is 25.6 Å². The molecule has 0 saturated heterocycles. The molecule has 0 radical (unpaired) electrons. The van der Waals surface area contributed by atoms with Crippen LogP contribution < -0.4 is 10.6 Å². The van der Waals surface area contributed by atoms with Crippen LogP contribution in [0.4, 0.5) is 18.9 Å². The van der Waals surface area contributed by atoms with Crippen LogP contribution in [0.1, 0.15) is 18.4 Å². The van der Waals surface area contributed by atoms with Gasteiger partial charge in [-0.3, -0.25) is 9.59 Å². The molecule has 1 aromatic carbocycles. The van der Waals surface area contributed by atoms with Crippen molar-refractivity contribution in [3.63, 3.8) is 0 Å². The van der Waals surface area contributed by atoms with Crippen molar-refractivity contribution in [1.29, 1.82) is 0 Å². The summed E-state index contributed by atoms with van der Waals surface area (Å²) in [6.07, 6.45) is -4.68. The number of nitrogens with one attached hydrogen (secondary N) is 2. The van der Waals surface area contributed by atoms with Crippen LogP contribution in [0.5, 0.6) is 0 Å². The Bertz CT molecular complexity index is 565. The molecule has 0 fully saturated rings. The smallest absolute Gasteiger partial charge is 0.385 e. The van der Waals surface area contributed by atoms with E-state index in [4.69, 9.17) is 16.3 Å². The lowest BCUT2D eigenvalue weighted by Crippen LogP contribution is -2.29. The summed E-state index contributed by atoms with van der Waals surface area (Å²) < 4.78 is 43.4. The fourth-order valence-corrected chi connectivity index (χ4v) is 1.88. The highest BCUT2D eigenvalue weighted by Gasteiger charge is 2.34. The van der Waals surface area contributed by atoms with Gasteiger partial charge in [-0.1, -0.05) is 11.6 Å². The van der Waals surface area contributed by atoms with Crippen molar-refractivity contribution >= 4 is 29.1 Å². The molecule has 0 unspecified atom stereocenters. The van der Waals surface area contributed by atoms with E-state index >= 15 is 0 Å². The van der Waals surface area contributed by atoms with Gasteiger partial charge in [-0.25, -0.2) is 0 Å². The number of ether oxygens (including phenoxy) is 1. The van der Waals surface area contributed by atoms with Crippen LogP contribution in [0.15, 0.2) is 18.2 Å². The lowest BCUT2D eigenvalue weighted by atomic mass is 10.1. The number of hydrogen-bond donors (Lipinski definition) is 2. The van der Waals surface area contributed by atoms with Gasteiger partial charge in [-0.2, -0.15) is 13.2 Å². The molecule has 2 amide bonds. The quantitative estimate of drug-likeness (QED) is 0.585. The van der Waals surface area contributed by atoms with Crippen LogP contribution in [0.25, 0.3) is 0 Å². The summed E-state index contributed by atoms with van der Waals surface area (Å²) in [5, 5.41) is 4.43. The zero-order valence-corrected chi connectivity index (χ0v) is 13.1. The SMILES string of the molecule is COCCCNC(=O)CC(=O)Nc1ccc(Cl)cc1C(F)(F)F. The van der Waals surface area contributed by atoms with Gasteiger partial charge in [0.1, 0.15) is 6.42 Å². The molecule has 0 bridgehead atoms. The highest BCUT2D eigenvalue weighted by molar-refractivity contribution is 6.30. The maximum atomic E-state index is 12.9. The monoisotopic (exact) mass is 352 g/mol. The highest BCUT2D eigenvalue weighted by Crippen LogP contribution is 2.36. The van der Waals surface area contributed by atoms with E-state index in [9.17, 15) is 22.8 Å². The average molecular weight is 353 g/mol. The van der Waals surface area contributed by atoms with Crippen molar-refractivity contribution in [3.8, 4) is 0 Å². The number of alkyl halides is 3. The van der Waals surface area contributed by atoms with E-state index in [1.54, 1.807) is 0 Å². The van der Waals surface area contributed by atoms with Crippen LogP contribution >= 0.6 is 11.6 Å². The Morgan fingerprint density at radius 1 is 1.26 bits per heavy atom. The van der Waals surface area contributed by atoms with Crippen molar-refractivity contribution < 1.29 is 27.5 Å². The van der Waals surface area contributed by atoms with Crippen molar-refractivity contribution in [2.75, 3.05) is 25.6 Å². The van der Waals surface area contributed by atoms with Crippen LogP contribution in [0.2, 0.25) is 5.02 Å². The molecule has 0 aliphatic rings. The maximum absolute atomic E-state index is 12.9. The summed E-state index contributed by atoms with van der Waals surface area (Å²) in [5.74, 6) is -1.43. The second-order valence-corrected chi connectivity index (χ2v) is 5.05. The minimum atomic E-state index is -4.67. The minimum Gasteiger partial charge on any atom is -0.385 e. The molecular weight excluding hydrogens is 337 g/mol. The minimum absolute atomic E-state index is 0.105. The molecule has 9 heteroatoms. The molecule has 0 saturated carbocycles. The largest absolute Gasteiger partial charge is 0.418 e. The number of halogens is 4. The number of carbonyl (C=O) groups is 2. The molecule has 1 aromatic rings. The Kier molecular flexibility index (Phi) is 7.31. The number of carbonyl (C=O) groups excluding carboxylic acids is 2. The maximum Gasteiger partial charge on any atom is 0.418 e. The Hall–Kier alpha value is -1.80. The van der Waals surface area contributed by atoms with Crippen LogP contribution in [0, 0.1) is 0 Å². The molecule has 0 atom stereocenters. The molecule has 5 nitrogen and oxygen atoms in total. The summed E-state index contributed by atoms with van der Waals surface area (Å²) >= 11 is 5.54. The van der Waals surface area contributed by atoms with Gasteiger partial charge in [0.15, 0.2) is 0 Å². The first-order valence-electron chi connectivity index (χ1n) is 6.66. The standard InChI is InChI=1S/C14H16ClF3N2O3/c1-23-6-2-5-19-12(21)8-13(22)20-11-4-3-9(15)7-10(11)14(16,17)18/h3-4,7H,2,5-6,8H2,1H3,(H,19,21)(H,20,22). The molecule has 0 heterocycles. The van der Waals surface area contributed by atoms with Crippen LogP contribution in [-0.4, -0.2) is 32.1 Å². The molecule has 128 valence electrons. The predicted molar refractivity (Wildman–Crippen MR) is 79.2 cm³/mol. The third kappa shape index (κ3) is 6.87. The first-order chi connectivity index (χ1) is 10.7. The molecule has 0 aliphatic heterocycles. The second kappa shape index (κ2) is 8.73. The highest BCUT2D eigenvalue weighted by atomic mass is 35.5. The van der Waals surface area contributed by atoms with Gasteiger partial charge in [0, 0.05) is 25.3 Å². The molecule has 0 aliphatic carbocycles. The Labute approximate surface area is 136 Å². The summed E-state index contributed by atoms with van der Waals surface area (Å²) in [5.41, 5.74) is -1.52. The summed E-state index contributed by atoms with van der Waals surface area (Å²) in [7, 11) is 1.51. The van der Waals surface area contributed by atoms with E-state index < -0.39 is 35.7 Å². The second-order valence-electron chi connectivity index (χ2n) is 4.61. The molecule has 2 N–H and O–H groups in total. The summed E-state index contributed by atoms with van der Waals surface area (Å²) in [6, 6.07) is 2.97. The number of anilines is 1.